The molecular weight excluding hydrogens is 638 g/mol. The van der Waals surface area contributed by atoms with Crippen molar-refractivity contribution in [3.8, 4) is 0 Å². The van der Waals surface area contributed by atoms with E-state index in [-0.39, 0.29) is 12.2 Å². The Kier molecular flexibility index (Phi) is 8.73. The van der Waals surface area contributed by atoms with Gasteiger partial charge in [-0.3, -0.25) is 9.36 Å². The van der Waals surface area contributed by atoms with E-state index in [4.69, 9.17) is 21.3 Å². The van der Waals surface area contributed by atoms with Gasteiger partial charge >= 0.3 is 5.97 Å². The van der Waals surface area contributed by atoms with Crippen molar-refractivity contribution in [3.63, 3.8) is 0 Å². The molecule has 4 aromatic carbocycles. The number of esters is 1. The Morgan fingerprint density at radius 1 is 0.958 bits per heavy atom. The van der Waals surface area contributed by atoms with Gasteiger partial charge < -0.3 is 9.30 Å². The van der Waals surface area contributed by atoms with Gasteiger partial charge in [0, 0.05) is 39.8 Å². The molecule has 0 saturated carbocycles. The Labute approximate surface area is 287 Å². The minimum atomic E-state index is -0.717. The highest BCUT2D eigenvalue weighted by Crippen LogP contribution is 2.35. The number of hydrogen-bond donors (Lipinski definition) is 0. The highest BCUT2D eigenvalue weighted by Gasteiger charge is 2.35. The van der Waals surface area contributed by atoms with Crippen molar-refractivity contribution < 1.29 is 9.53 Å². The third-order valence-corrected chi connectivity index (χ3v) is 9.90. The lowest BCUT2D eigenvalue weighted by molar-refractivity contribution is -0.138. The van der Waals surface area contributed by atoms with Gasteiger partial charge in [-0.2, -0.15) is 0 Å². The minimum Gasteiger partial charge on any atom is -0.463 e. The third-order valence-electron chi connectivity index (χ3n) is 8.66. The van der Waals surface area contributed by atoms with E-state index >= 15 is 0 Å². The number of carbonyl (C=O) groups excluding carboxylic acids is 1. The summed E-state index contributed by atoms with van der Waals surface area (Å²) in [5.41, 5.74) is 6.53. The molecule has 7 rings (SSSR count). The van der Waals surface area contributed by atoms with Crippen LogP contribution in [0.25, 0.3) is 22.7 Å². The lowest BCUT2D eigenvalue weighted by Crippen LogP contribution is -2.40. The molecular formula is C40H34ClN3O3S. The van der Waals surface area contributed by atoms with Gasteiger partial charge in [0.05, 0.1) is 28.5 Å². The average molecular weight is 672 g/mol. The summed E-state index contributed by atoms with van der Waals surface area (Å²) in [6.07, 6.45) is 4.03. The zero-order valence-corrected chi connectivity index (χ0v) is 28.5. The summed E-state index contributed by atoms with van der Waals surface area (Å²) in [5.74, 6) is -0.152. The molecule has 1 aliphatic rings. The first-order valence-corrected chi connectivity index (χ1v) is 17.2. The van der Waals surface area contributed by atoms with Gasteiger partial charge in [0.2, 0.25) is 0 Å². The molecule has 1 unspecified atom stereocenters. The lowest BCUT2D eigenvalue weighted by atomic mass is 9.91. The van der Waals surface area contributed by atoms with Gasteiger partial charge in [0.1, 0.15) is 0 Å². The number of fused-ring (bicyclic) bond motifs is 2. The van der Waals surface area contributed by atoms with Crippen molar-refractivity contribution in [1.82, 2.24) is 9.13 Å². The van der Waals surface area contributed by atoms with Gasteiger partial charge in [-0.05, 0) is 53.8 Å². The molecule has 0 spiro atoms. The van der Waals surface area contributed by atoms with E-state index in [2.05, 4.69) is 48.9 Å². The molecule has 0 aliphatic carbocycles. The summed E-state index contributed by atoms with van der Waals surface area (Å²) in [6, 6.07) is 33.1. The molecule has 3 heterocycles. The summed E-state index contributed by atoms with van der Waals surface area (Å²) in [4.78, 5) is 33.8. The predicted molar refractivity (Wildman–Crippen MR) is 194 cm³/mol. The first-order chi connectivity index (χ1) is 23.3. The molecule has 1 atom stereocenters. The first-order valence-electron chi connectivity index (χ1n) is 16.0. The zero-order valence-electron chi connectivity index (χ0n) is 26.9. The number of carbonyl (C=O) groups is 1. The van der Waals surface area contributed by atoms with E-state index in [1.807, 2.05) is 84.9 Å². The molecule has 240 valence electrons. The number of nitrogens with zero attached hydrogens (tertiary/aromatic N) is 3. The predicted octanol–water partition coefficient (Wildman–Crippen LogP) is 7.72. The number of benzene rings is 4. The standard InChI is InChI=1S/C40H34ClN3O3S/c1-4-47-39(46)35-36(28-10-6-5-7-11-28)42-40-44(37(35)29-18-16-27(17-19-29)25(2)3)38(45)34(48-40)22-30-24-43(33-13-9-8-12-32(30)33)23-26-14-20-31(41)21-15-26/h5-22,24-25,37H,4,23H2,1-3H3. The summed E-state index contributed by atoms with van der Waals surface area (Å²) in [7, 11) is 0. The topological polar surface area (TPSA) is 65.6 Å². The van der Waals surface area contributed by atoms with Crippen LogP contribution in [-0.2, 0) is 16.1 Å². The number of ether oxygens (including phenoxy) is 1. The van der Waals surface area contributed by atoms with Gasteiger partial charge in [0.25, 0.3) is 5.56 Å². The lowest BCUT2D eigenvalue weighted by Gasteiger charge is -2.26. The van der Waals surface area contributed by atoms with Crippen LogP contribution < -0.4 is 14.9 Å². The van der Waals surface area contributed by atoms with Crippen LogP contribution in [0.4, 0.5) is 0 Å². The normalized spacial score (nSPS) is 14.8. The first kappa shape index (κ1) is 31.6. The van der Waals surface area contributed by atoms with Crippen LogP contribution in [0.3, 0.4) is 0 Å². The van der Waals surface area contributed by atoms with Crippen molar-refractivity contribution in [2.45, 2.75) is 39.3 Å². The summed E-state index contributed by atoms with van der Waals surface area (Å²) in [6.45, 7) is 6.92. The molecule has 1 aliphatic heterocycles. The Bertz CT molecular complexity index is 2350. The summed E-state index contributed by atoms with van der Waals surface area (Å²) < 4.78 is 10.0. The second-order valence-electron chi connectivity index (χ2n) is 12.1. The fourth-order valence-electron chi connectivity index (χ4n) is 6.27. The molecule has 0 fully saturated rings. The summed E-state index contributed by atoms with van der Waals surface area (Å²) >= 11 is 7.47. The second kappa shape index (κ2) is 13.3. The van der Waals surface area contributed by atoms with E-state index in [0.29, 0.717) is 38.1 Å². The maximum atomic E-state index is 14.5. The largest absolute Gasteiger partial charge is 0.463 e. The SMILES string of the molecule is CCOC(=O)C1=C(c2ccccc2)N=c2sc(=Cc3cn(Cc4ccc(Cl)cc4)c4ccccc34)c(=O)n2C1c1ccc(C(C)C)cc1. The van der Waals surface area contributed by atoms with Crippen LogP contribution >= 0.6 is 22.9 Å². The fraction of sp³-hybridized carbons (Fsp3) is 0.175. The number of aromatic nitrogens is 2. The van der Waals surface area contributed by atoms with E-state index in [1.54, 1.807) is 11.5 Å². The number of rotatable bonds is 8. The average Bonchev–Trinajstić information content (AvgIpc) is 3.61. The molecule has 48 heavy (non-hydrogen) atoms. The van der Waals surface area contributed by atoms with Crippen molar-refractivity contribution in [3.05, 3.63) is 167 Å². The third kappa shape index (κ3) is 5.96. The second-order valence-corrected chi connectivity index (χ2v) is 13.6. The molecule has 8 heteroatoms. The van der Waals surface area contributed by atoms with Crippen molar-refractivity contribution in [1.29, 1.82) is 0 Å². The maximum absolute atomic E-state index is 14.5. The van der Waals surface area contributed by atoms with Crippen LogP contribution in [-0.4, -0.2) is 21.7 Å². The molecule has 6 aromatic rings. The Morgan fingerprint density at radius 3 is 2.38 bits per heavy atom. The monoisotopic (exact) mass is 671 g/mol. The number of halogens is 1. The summed E-state index contributed by atoms with van der Waals surface area (Å²) in [5, 5.41) is 1.73. The van der Waals surface area contributed by atoms with Gasteiger partial charge in [-0.15, -0.1) is 0 Å². The zero-order chi connectivity index (χ0) is 33.4. The quantitative estimate of drug-likeness (QED) is 0.156. The molecule has 0 bridgehead atoms. The molecule has 0 N–H and O–H groups in total. The molecule has 2 aromatic heterocycles. The number of para-hydroxylation sites is 1. The van der Waals surface area contributed by atoms with E-state index in [0.717, 1.165) is 33.2 Å². The van der Waals surface area contributed by atoms with Crippen molar-refractivity contribution in [2.24, 2.45) is 4.99 Å². The Morgan fingerprint density at radius 2 is 1.67 bits per heavy atom. The van der Waals surface area contributed by atoms with E-state index < -0.39 is 12.0 Å². The smallest absolute Gasteiger partial charge is 0.338 e. The molecule has 0 amide bonds. The fourth-order valence-corrected chi connectivity index (χ4v) is 7.39. The Balaban J connectivity index is 1.44. The van der Waals surface area contributed by atoms with E-state index in [9.17, 15) is 9.59 Å². The van der Waals surface area contributed by atoms with Gasteiger partial charge in [0.15, 0.2) is 4.80 Å². The maximum Gasteiger partial charge on any atom is 0.338 e. The van der Waals surface area contributed by atoms with Crippen LogP contribution in [0, 0.1) is 0 Å². The molecule has 6 nitrogen and oxygen atoms in total. The van der Waals surface area contributed by atoms with Gasteiger partial charge in [-0.1, -0.05) is 122 Å². The van der Waals surface area contributed by atoms with E-state index in [1.165, 1.54) is 16.9 Å². The van der Waals surface area contributed by atoms with Crippen LogP contribution in [0.1, 0.15) is 60.5 Å². The highest BCUT2D eigenvalue weighted by molar-refractivity contribution is 7.07. The molecule has 0 radical (unpaired) electrons. The van der Waals surface area contributed by atoms with Crippen LogP contribution in [0.2, 0.25) is 5.02 Å². The molecule has 0 saturated heterocycles. The number of thiazole rings is 1. The van der Waals surface area contributed by atoms with Crippen molar-refractivity contribution >= 4 is 51.6 Å². The number of hydrogen-bond acceptors (Lipinski definition) is 5. The Hall–Kier alpha value is -4.98. The van der Waals surface area contributed by atoms with Crippen molar-refractivity contribution in [2.75, 3.05) is 6.61 Å². The van der Waals surface area contributed by atoms with Gasteiger partial charge in [-0.25, -0.2) is 9.79 Å². The minimum absolute atomic E-state index is 0.202. The highest BCUT2D eigenvalue weighted by atomic mass is 35.5. The van der Waals surface area contributed by atoms with Crippen LogP contribution in [0.5, 0.6) is 0 Å². The van der Waals surface area contributed by atoms with Crippen LogP contribution in [0.15, 0.2) is 125 Å².